The number of hydrogen-bond donors (Lipinski definition) is 3. The molecule has 5 nitrogen and oxygen atoms in total. The minimum atomic E-state index is -0.461. The number of amides is 1. The van der Waals surface area contributed by atoms with Crippen molar-refractivity contribution in [3.63, 3.8) is 0 Å². The van der Waals surface area contributed by atoms with E-state index >= 15 is 0 Å². The van der Waals surface area contributed by atoms with E-state index < -0.39 is 11.7 Å². The number of nitrogens with one attached hydrogen (secondary N) is 2. The van der Waals surface area contributed by atoms with Gasteiger partial charge in [-0.05, 0) is 27.7 Å². The SMILES string of the molecule is CC(O)CNCCNC(=O)OC(C)(C)C. The molecule has 0 saturated heterocycles. The summed E-state index contributed by atoms with van der Waals surface area (Å²) in [6, 6.07) is 0. The molecule has 0 radical (unpaired) electrons. The van der Waals surface area contributed by atoms with Crippen molar-refractivity contribution in [3.05, 3.63) is 0 Å². The van der Waals surface area contributed by atoms with Gasteiger partial charge in [-0.2, -0.15) is 0 Å². The highest BCUT2D eigenvalue weighted by atomic mass is 16.6. The molecule has 0 saturated carbocycles. The monoisotopic (exact) mass is 218 g/mol. The van der Waals surface area contributed by atoms with Crippen LogP contribution >= 0.6 is 0 Å². The van der Waals surface area contributed by atoms with Gasteiger partial charge in [-0.1, -0.05) is 0 Å². The van der Waals surface area contributed by atoms with Crippen molar-refractivity contribution >= 4 is 6.09 Å². The molecule has 0 aliphatic heterocycles. The van der Waals surface area contributed by atoms with Crippen molar-refractivity contribution < 1.29 is 14.6 Å². The largest absolute Gasteiger partial charge is 0.444 e. The van der Waals surface area contributed by atoms with Crippen LogP contribution in [0.25, 0.3) is 0 Å². The Balaban J connectivity index is 3.40. The first-order valence-electron chi connectivity index (χ1n) is 5.17. The van der Waals surface area contributed by atoms with Crippen molar-refractivity contribution in [2.45, 2.75) is 39.4 Å². The fourth-order valence-corrected chi connectivity index (χ4v) is 0.878. The number of aliphatic hydroxyl groups is 1. The molecule has 0 bridgehead atoms. The van der Waals surface area contributed by atoms with E-state index in [0.717, 1.165) is 0 Å². The first-order chi connectivity index (χ1) is 6.81. The third-order valence-corrected chi connectivity index (χ3v) is 1.41. The van der Waals surface area contributed by atoms with Crippen LogP contribution in [-0.2, 0) is 4.74 Å². The van der Waals surface area contributed by atoms with Crippen molar-refractivity contribution in [2.75, 3.05) is 19.6 Å². The number of alkyl carbamates (subject to hydrolysis) is 1. The van der Waals surface area contributed by atoms with Crippen LogP contribution in [-0.4, -0.2) is 42.5 Å². The van der Waals surface area contributed by atoms with Gasteiger partial charge in [0.1, 0.15) is 5.60 Å². The molecule has 0 rings (SSSR count). The van der Waals surface area contributed by atoms with Gasteiger partial charge in [-0.15, -0.1) is 0 Å². The summed E-state index contributed by atoms with van der Waals surface area (Å²) in [6.07, 6.45) is -0.784. The number of hydrogen-bond acceptors (Lipinski definition) is 4. The zero-order valence-electron chi connectivity index (χ0n) is 9.96. The lowest BCUT2D eigenvalue weighted by Crippen LogP contribution is -2.37. The number of aliphatic hydroxyl groups excluding tert-OH is 1. The zero-order chi connectivity index (χ0) is 11.9. The van der Waals surface area contributed by atoms with Crippen molar-refractivity contribution in [1.82, 2.24) is 10.6 Å². The predicted octanol–water partition coefficient (Wildman–Crippen LogP) is 0.481. The average molecular weight is 218 g/mol. The third-order valence-electron chi connectivity index (χ3n) is 1.41. The molecule has 0 aromatic rings. The number of carbonyl (C=O) groups excluding carboxylic acids is 1. The van der Waals surface area contributed by atoms with Gasteiger partial charge in [0.05, 0.1) is 6.10 Å². The first kappa shape index (κ1) is 14.2. The maximum absolute atomic E-state index is 11.1. The lowest BCUT2D eigenvalue weighted by molar-refractivity contribution is 0.0528. The Morgan fingerprint density at radius 1 is 1.40 bits per heavy atom. The van der Waals surface area contributed by atoms with E-state index in [1.165, 1.54) is 0 Å². The Morgan fingerprint density at radius 2 is 2.00 bits per heavy atom. The van der Waals surface area contributed by atoms with Gasteiger partial charge in [0.15, 0.2) is 0 Å². The van der Waals surface area contributed by atoms with Gasteiger partial charge in [0.2, 0.25) is 0 Å². The van der Waals surface area contributed by atoms with Gasteiger partial charge in [0, 0.05) is 19.6 Å². The van der Waals surface area contributed by atoms with Gasteiger partial charge in [-0.3, -0.25) is 0 Å². The van der Waals surface area contributed by atoms with E-state index in [4.69, 9.17) is 9.84 Å². The molecule has 0 aliphatic rings. The summed E-state index contributed by atoms with van der Waals surface area (Å²) in [5, 5.41) is 14.5. The van der Waals surface area contributed by atoms with Gasteiger partial charge >= 0.3 is 6.09 Å². The quantitative estimate of drug-likeness (QED) is 0.587. The molecule has 0 fully saturated rings. The van der Waals surface area contributed by atoms with Gasteiger partial charge in [0.25, 0.3) is 0 Å². The normalized spacial score (nSPS) is 13.4. The Morgan fingerprint density at radius 3 is 2.47 bits per heavy atom. The molecule has 1 unspecified atom stereocenters. The van der Waals surface area contributed by atoms with Crippen molar-refractivity contribution in [3.8, 4) is 0 Å². The second-order valence-electron chi connectivity index (χ2n) is 4.48. The molecule has 0 aliphatic carbocycles. The van der Waals surface area contributed by atoms with E-state index in [1.807, 2.05) is 20.8 Å². The van der Waals surface area contributed by atoms with E-state index in [0.29, 0.717) is 19.6 Å². The summed E-state index contributed by atoms with van der Waals surface area (Å²) >= 11 is 0. The highest BCUT2D eigenvalue weighted by Crippen LogP contribution is 2.05. The molecule has 1 amide bonds. The molecular weight excluding hydrogens is 196 g/mol. The van der Waals surface area contributed by atoms with E-state index in [1.54, 1.807) is 6.92 Å². The highest BCUT2D eigenvalue weighted by molar-refractivity contribution is 5.67. The van der Waals surface area contributed by atoms with Gasteiger partial charge < -0.3 is 20.5 Å². The molecule has 0 heterocycles. The number of ether oxygens (including phenoxy) is 1. The van der Waals surface area contributed by atoms with E-state index in [-0.39, 0.29) is 6.10 Å². The van der Waals surface area contributed by atoms with Crippen LogP contribution in [0.15, 0.2) is 0 Å². The van der Waals surface area contributed by atoms with Crippen molar-refractivity contribution in [1.29, 1.82) is 0 Å². The fourth-order valence-electron chi connectivity index (χ4n) is 0.878. The predicted molar refractivity (Wildman–Crippen MR) is 58.8 cm³/mol. The highest BCUT2D eigenvalue weighted by Gasteiger charge is 2.15. The Kier molecular flexibility index (Phi) is 6.27. The molecule has 0 aromatic carbocycles. The van der Waals surface area contributed by atoms with Crippen LogP contribution in [0.3, 0.4) is 0 Å². The summed E-state index contributed by atoms with van der Waals surface area (Å²) in [6.45, 7) is 8.78. The molecule has 3 N–H and O–H groups in total. The number of rotatable bonds is 5. The molecule has 5 heteroatoms. The maximum Gasteiger partial charge on any atom is 0.407 e. The van der Waals surface area contributed by atoms with Crippen LogP contribution in [0.5, 0.6) is 0 Å². The van der Waals surface area contributed by atoms with Crippen LogP contribution in [0.2, 0.25) is 0 Å². The Labute approximate surface area is 91.2 Å². The standard InChI is InChI=1S/C10H22N2O3/c1-8(13)7-11-5-6-12-9(14)15-10(2,3)4/h8,11,13H,5-7H2,1-4H3,(H,12,14). The third kappa shape index (κ3) is 11.1. The van der Waals surface area contributed by atoms with Crippen molar-refractivity contribution in [2.24, 2.45) is 0 Å². The Bertz CT molecular complexity index is 188. The summed E-state index contributed by atoms with van der Waals surface area (Å²) < 4.78 is 5.04. The summed E-state index contributed by atoms with van der Waals surface area (Å²) in [7, 11) is 0. The maximum atomic E-state index is 11.1. The summed E-state index contributed by atoms with van der Waals surface area (Å²) in [5.41, 5.74) is -0.461. The average Bonchev–Trinajstić information content (AvgIpc) is 1.99. The topological polar surface area (TPSA) is 70.6 Å². The van der Waals surface area contributed by atoms with Crippen LogP contribution < -0.4 is 10.6 Å². The van der Waals surface area contributed by atoms with Crippen LogP contribution in [0.1, 0.15) is 27.7 Å². The molecule has 0 spiro atoms. The lowest BCUT2D eigenvalue weighted by Gasteiger charge is -2.19. The van der Waals surface area contributed by atoms with Crippen LogP contribution in [0.4, 0.5) is 4.79 Å². The number of carbonyl (C=O) groups is 1. The molecule has 90 valence electrons. The Hall–Kier alpha value is -0.810. The second kappa shape index (κ2) is 6.63. The smallest absolute Gasteiger partial charge is 0.407 e. The second-order valence-corrected chi connectivity index (χ2v) is 4.48. The minimum absolute atomic E-state index is 0.369. The van der Waals surface area contributed by atoms with Crippen LogP contribution in [0, 0.1) is 0 Å². The first-order valence-corrected chi connectivity index (χ1v) is 5.17. The fraction of sp³-hybridized carbons (Fsp3) is 0.900. The zero-order valence-corrected chi connectivity index (χ0v) is 9.96. The summed E-state index contributed by atoms with van der Waals surface area (Å²) in [5.74, 6) is 0. The van der Waals surface area contributed by atoms with E-state index in [9.17, 15) is 4.79 Å². The van der Waals surface area contributed by atoms with E-state index in [2.05, 4.69) is 10.6 Å². The molecule has 1 atom stereocenters. The lowest BCUT2D eigenvalue weighted by atomic mass is 10.2. The summed E-state index contributed by atoms with van der Waals surface area (Å²) in [4.78, 5) is 11.1. The minimum Gasteiger partial charge on any atom is -0.444 e. The molecule has 15 heavy (non-hydrogen) atoms. The molecular formula is C10H22N2O3. The molecule has 0 aromatic heterocycles. The van der Waals surface area contributed by atoms with Gasteiger partial charge in [-0.25, -0.2) is 4.79 Å².